The number of hydrogen-bond acceptors (Lipinski definition) is 3. The molecule has 0 atom stereocenters. The Labute approximate surface area is 157 Å². The molecule has 0 unspecified atom stereocenters. The van der Waals surface area contributed by atoms with Crippen molar-refractivity contribution in [1.82, 2.24) is 0 Å². The summed E-state index contributed by atoms with van der Waals surface area (Å²) in [6.45, 7) is 2.20. The van der Waals surface area contributed by atoms with Crippen LogP contribution in [0.1, 0.15) is 64.4 Å². The van der Waals surface area contributed by atoms with Crippen molar-refractivity contribution < 1.29 is 49.1 Å². The summed E-state index contributed by atoms with van der Waals surface area (Å²) in [7, 11) is -4.11. The van der Waals surface area contributed by atoms with E-state index in [1.165, 1.54) is 38.2 Å². The van der Waals surface area contributed by atoms with Gasteiger partial charge in [0, 0.05) is 5.56 Å². The number of rotatable bonds is 10. The fourth-order valence-corrected chi connectivity index (χ4v) is 3.02. The summed E-state index contributed by atoms with van der Waals surface area (Å²) in [6, 6.07) is 4.97. The predicted octanol–water partition coefficient (Wildman–Crippen LogP) is 1.19. The van der Waals surface area contributed by atoms with Gasteiger partial charge in [-0.2, -0.15) is 8.42 Å². The normalized spacial score (nSPS) is 11.2. The molecule has 6 heteroatoms. The van der Waals surface area contributed by atoms with Gasteiger partial charge in [0.25, 0.3) is 10.1 Å². The van der Waals surface area contributed by atoms with Crippen LogP contribution < -0.4 is 29.6 Å². The first-order chi connectivity index (χ1) is 9.92. The zero-order valence-electron chi connectivity index (χ0n) is 14.7. The van der Waals surface area contributed by atoms with Crippen LogP contribution in [0.3, 0.4) is 0 Å². The zero-order valence-corrected chi connectivity index (χ0v) is 16.5. The van der Waals surface area contributed by atoms with Crippen LogP contribution in [0.25, 0.3) is 0 Å². The number of unbranched alkanes of at least 4 members (excludes halogenated alkanes) is 6. The van der Waals surface area contributed by atoms with Gasteiger partial charge in [0.15, 0.2) is 0 Å². The number of phenols is 1. The van der Waals surface area contributed by atoms with E-state index >= 15 is 0 Å². The smallest absolute Gasteiger partial charge is 1.00 e. The van der Waals surface area contributed by atoms with Crippen molar-refractivity contribution in [3.05, 3.63) is 29.3 Å². The molecule has 0 saturated carbocycles. The van der Waals surface area contributed by atoms with Gasteiger partial charge in [-0.3, -0.25) is 4.55 Å². The molecule has 1 aromatic rings. The van der Waals surface area contributed by atoms with Crippen molar-refractivity contribution in [3.63, 3.8) is 0 Å². The first kappa shape index (κ1) is 21.9. The molecule has 4 nitrogen and oxygen atoms in total. The van der Waals surface area contributed by atoms with Crippen LogP contribution in [-0.2, 0) is 22.3 Å². The Kier molecular flexibility index (Phi) is 11.4. The topological polar surface area (TPSA) is 74.6 Å². The van der Waals surface area contributed by atoms with E-state index in [0.29, 0.717) is 0 Å². The standard InChI is InChI=1S/C16H26O4S.Na.H/c1-2-3-4-5-6-7-8-9-14-10-11-16(17)15(12-14)13-21(18,19)20;;/h10-12,17H,2-9,13H2,1H3,(H,18,19,20);;/q;+1;-1. The van der Waals surface area contributed by atoms with Crippen molar-refractivity contribution >= 4 is 10.1 Å². The minimum absolute atomic E-state index is 0. The van der Waals surface area contributed by atoms with Gasteiger partial charge >= 0.3 is 29.6 Å². The summed E-state index contributed by atoms with van der Waals surface area (Å²) in [4.78, 5) is 0. The molecule has 1 aromatic carbocycles. The van der Waals surface area contributed by atoms with E-state index < -0.39 is 15.9 Å². The van der Waals surface area contributed by atoms with Gasteiger partial charge in [-0.05, 0) is 24.5 Å². The van der Waals surface area contributed by atoms with Crippen molar-refractivity contribution in [2.45, 2.75) is 64.0 Å². The van der Waals surface area contributed by atoms with Gasteiger partial charge in [0.2, 0.25) is 0 Å². The first-order valence-electron chi connectivity index (χ1n) is 7.68. The van der Waals surface area contributed by atoms with Crippen LogP contribution in [0.5, 0.6) is 5.75 Å². The molecule has 0 amide bonds. The Balaban J connectivity index is 0. The molecule has 0 spiro atoms. The number of aromatic hydroxyl groups is 1. The van der Waals surface area contributed by atoms with Crippen LogP contribution in [0.15, 0.2) is 18.2 Å². The second-order valence-corrected chi connectivity index (χ2v) is 7.01. The number of phenolic OH excluding ortho intramolecular Hbond substituents is 1. The summed E-state index contributed by atoms with van der Waals surface area (Å²) in [5.74, 6) is -0.625. The molecule has 0 aliphatic rings. The molecule has 0 aliphatic heterocycles. The Morgan fingerprint density at radius 1 is 1.05 bits per heavy atom. The molecule has 0 aliphatic carbocycles. The molecular formula is C16H27NaO4S. The zero-order chi connectivity index (χ0) is 15.7. The predicted molar refractivity (Wildman–Crippen MR) is 86.2 cm³/mol. The SMILES string of the molecule is CCCCCCCCCc1ccc(O)c(CS(=O)(=O)O)c1.[H-].[Na+]. The van der Waals surface area contributed by atoms with E-state index in [9.17, 15) is 13.5 Å². The van der Waals surface area contributed by atoms with Gasteiger partial charge in [-0.1, -0.05) is 57.6 Å². The molecule has 0 fully saturated rings. The molecule has 122 valence electrons. The third kappa shape index (κ3) is 9.85. The monoisotopic (exact) mass is 338 g/mol. The molecule has 0 heterocycles. The summed E-state index contributed by atoms with van der Waals surface area (Å²) in [5, 5.41) is 9.61. The molecular weight excluding hydrogens is 311 g/mol. The maximum atomic E-state index is 10.9. The third-order valence-electron chi connectivity index (χ3n) is 3.55. The molecule has 0 aromatic heterocycles. The summed E-state index contributed by atoms with van der Waals surface area (Å²) in [6.07, 6.45) is 9.45. The Hall–Kier alpha value is -0.0700. The number of benzene rings is 1. The quantitative estimate of drug-likeness (QED) is 0.382. The summed E-state index contributed by atoms with van der Waals surface area (Å²) in [5.41, 5.74) is 1.26. The van der Waals surface area contributed by atoms with Crippen molar-refractivity contribution in [2.24, 2.45) is 0 Å². The average molecular weight is 338 g/mol. The molecule has 0 radical (unpaired) electrons. The largest absolute Gasteiger partial charge is 1.00 e. The van der Waals surface area contributed by atoms with Crippen molar-refractivity contribution in [2.75, 3.05) is 0 Å². The Bertz CT molecular complexity index is 535. The second kappa shape index (κ2) is 11.5. The Morgan fingerprint density at radius 2 is 1.64 bits per heavy atom. The van der Waals surface area contributed by atoms with Crippen molar-refractivity contribution in [1.29, 1.82) is 0 Å². The van der Waals surface area contributed by atoms with Gasteiger partial charge in [-0.15, -0.1) is 0 Å². The van der Waals surface area contributed by atoms with Gasteiger partial charge in [0.05, 0.1) is 0 Å². The van der Waals surface area contributed by atoms with E-state index in [2.05, 4.69) is 6.92 Å². The van der Waals surface area contributed by atoms with E-state index in [-0.39, 0.29) is 42.3 Å². The minimum Gasteiger partial charge on any atom is -1.00 e. The maximum Gasteiger partial charge on any atom is 1.00 e. The average Bonchev–Trinajstić information content (AvgIpc) is 2.39. The van der Waals surface area contributed by atoms with Gasteiger partial charge in [0.1, 0.15) is 11.5 Å². The summed E-state index contributed by atoms with van der Waals surface area (Å²) < 4.78 is 30.7. The van der Waals surface area contributed by atoms with Crippen LogP contribution in [0, 0.1) is 0 Å². The molecule has 1 rings (SSSR count). The summed E-state index contributed by atoms with van der Waals surface area (Å²) >= 11 is 0. The molecule has 0 saturated heterocycles. The van der Waals surface area contributed by atoms with E-state index in [4.69, 9.17) is 4.55 Å². The van der Waals surface area contributed by atoms with Crippen LogP contribution >= 0.6 is 0 Å². The van der Waals surface area contributed by atoms with Crippen molar-refractivity contribution in [3.8, 4) is 5.75 Å². The molecule has 2 N–H and O–H groups in total. The number of aryl methyl sites for hydroxylation is 1. The van der Waals surface area contributed by atoms with E-state index in [0.717, 1.165) is 24.8 Å². The van der Waals surface area contributed by atoms with Crippen LogP contribution in [-0.4, -0.2) is 18.1 Å². The van der Waals surface area contributed by atoms with Crippen LogP contribution in [0.4, 0.5) is 0 Å². The Morgan fingerprint density at radius 3 is 2.23 bits per heavy atom. The third-order valence-corrected chi connectivity index (χ3v) is 4.23. The maximum absolute atomic E-state index is 10.9. The fourth-order valence-electron chi connectivity index (χ4n) is 2.39. The van der Waals surface area contributed by atoms with E-state index in [1.807, 2.05) is 0 Å². The number of hydrogen-bond donors (Lipinski definition) is 2. The molecule has 0 bridgehead atoms. The van der Waals surface area contributed by atoms with E-state index in [1.54, 1.807) is 12.1 Å². The van der Waals surface area contributed by atoms with Gasteiger partial charge < -0.3 is 6.53 Å². The second-order valence-electron chi connectivity index (χ2n) is 5.56. The fraction of sp³-hybridized carbons (Fsp3) is 0.625. The molecule has 22 heavy (non-hydrogen) atoms. The van der Waals surface area contributed by atoms with Crippen LogP contribution in [0.2, 0.25) is 0 Å². The van der Waals surface area contributed by atoms with Gasteiger partial charge in [-0.25, -0.2) is 0 Å². The first-order valence-corrected chi connectivity index (χ1v) is 9.29. The minimum atomic E-state index is -4.11.